The lowest BCUT2D eigenvalue weighted by Gasteiger charge is -2.06. The zero-order chi connectivity index (χ0) is 13.7. The van der Waals surface area contributed by atoms with Crippen LogP contribution in [0.4, 0.5) is 0 Å². The number of hydrogen-bond acceptors (Lipinski definition) is 2. The Morgan fingerprint density at radius 3 is 3.05 bits per heavy atom. The molecule has 0 fully saturated rings. The van der Waals surface area contributed by atoms with Crippen LogP contribution in [-0.4, -0.2) is 10.8 Å². The van der Waals surface area contributed by atoms with E-state index in [1.54, 1.807) is 12.3 Å². The molecule has 3 heteroatoms. The molecule has 1 aromatic carbocycles. The van der Waals surface area contributed by atoms with E-state index in [9.17, 15) is 0 Å². The molecule has 0 saturated heterocycles. The number of nitriles is 1. The molecule has 0 unspecified atom stereocenters. The summed E-state index contributed by atoms with van der Waals surface area (Å²) in [4.78, 5) is 4.32. The number of rotatable bonds is 4. The Hall–Kier alpha value is -2.60. The predicted molar refractivity (Wildman–Crippen MR) is 81.2 cm³/mol. The van der Waals surface area contributed by atoms with Crippen LogP contribution in [0.3, 0.4) is 0 Å². The third-order valence-electron chi connectivity index (χ3n) is 2.84. The van der Waals surface area contributed by atoms with Crippen LogP contribution in [0.2, 0.25) is 0 Å². The molecule has 2 aromatic rings. The highest BCUT2D eigenvalue weighted by atomic mass is 15.0. The minimum absolute atomic E-state index is 0. The average Bonchev–Trinajstić information content (AvgIpc) is 2.82. The van der Waals surface area contributed by atoms with Crippen LogP contribution in [0.25, 0.3) is 10.9 Å². The fourth-order valence-corrected chi connectivity index (χ4v) is 2.00. The van der Waals surface area contributed by atoms with Crippen molar-refractivity contribution in [3.05, 3.63) is 60.5 Å². The Morgan fingerprint density at radius 2 is 2.37 bits per heavy atom. The van der Waals surface area contributed by atoms with E-state index in [-0.39, 0.29) is 1.43 Å². The minimum atomic E-state index is 0. The van der Waals surface area contributed by atoms with Gasteiger partial charge in [0.1, 0.15) is 0 Å². The van der Waals surface area contributed by atoms with E-state index < -0.39 is 0 Å². The first-order valence-electron chi connectivity index (χ1n) is 6.07. The van der Waals surface area contributed by atoms with Crippen LogP contribution in [-0.2, 0) is 6.54 Å². The second-order valence-electron chi connectivity index (χ2n) is 4.11. The van der Waals surface area contributed by atoms with Gasteiger partial charge in [-0.05, 0) is 36.6 Å². The normalized spacial score (nSPS) is 11.9. The number of fused-ring (bicyclic) bond motifs is 1. The smallest absolute Gasteiger partial charge is 0.0992 e. The summed E-state index contributed by atoms with van der Waals surface area (Å²) < 4.78 is 2.08. The van der Waals surface area contributed by atoms with Crippen LogP contribution >= 0.6 is 0 Å². The molecule has 0 bridgehead atoms. The summed E-state index contributed by atoms with van der Waals surface area (Å²) in [6, 6.07) is 9.90. The molecule has 0 N–H and O–H groups in total. The van der Waals surface area contributed by atoms with Gasteiger partial charge in [-0.25, -0.2) is 0 Å². The van der Waals surface area contributed by atoms with Crippen molar-refractivity contribution in [2.24, 2.45) is 4.99 Å². The third-order valence-corrected chi connectivity index (χ3v) is 2.84. The van der Waals surface area contributed by atoms with Gasteiger partial charge in [-0.3, -0.25) is 4.99 Å². The topological polar surface area (TPSA) is 41.1 Å². The second-order valence-corrected chi connectivity index (χ2v) is 4.11. The predicted octanol–water partition coefficient (Wildman–Crippen LogP) is 3.92. The Kier molecular flexibility index (Phi) is 3.94. The lowest BCUT2D eigenvalue weighted by atomic mass is 10.2. The summed E-state index contributed by atoms with van der Waals surface area (Å²) >= 11 is 0. The van der Waals surface area contributed by atoms with Crippen molar-refractivity contribution in [3.8, 4) is 6.07 Å². The molecular formula is C16H17N3. The van der Waals surface area contributed by atoms with Gasteiger partial charge in [0.05, 0.1) is 23.9 Å². The molecule has 0 saturated carbocycles. The first-order valence-corrected chi connectivity index (χ1v) is 6.07. The number of allylic oxidation sites excluding steroid dienone is 3. The summed E-state index contributed by atoms with van der Waals surface area (Å²) in [5, 5.41) is 10.1. The van der Waals surface area contributed by atoms with E-state index in [1.165, 1.54) is 0 Å². The van der Waals surface area contributed by atoms with Crippen molar-refractivity contribution in [1.82, 2.24) is 4.57 Å². The molecule has 0 aliphatic carbocycles. The second kappa shape index (κ2) is 5.83. The fourth-order valence-electron chi connectivity index (χ4n) is 2.00. The van der Waals surface area contributed by atoms with Crippen LogP contribution in [0, 0.1) is 11.3 Å². The van der Waals surface area contributed by atoms with Gasteiger partial charge in [0.25, 0.3) is 0 Å². The molecule has 3 nitrogen and oxygen atoms in total. The molecular weight excluding hydrogens is 234 g/mol. The van der Waals surface area contributed by atoms with Gasteiger partial charge < -0.3 is 4.57 Å². The van der Waals surface area contributed by atoms with Crippen molar-refractivity contribution in [2.45, 2.75) is 13.5 Å². The highest BCUT2D eigenvalue weighted by molar-refractivity contribution is 5.81. The van der Waals surface area contributed by atoms with Crippen LogP contribution in [0.1, 0.15) is 13.9 Å². The number of benzene rings is 1. The van der Waals surface area contributed by atoms with Crippen LogP contribution < -0.4 is 0 Å². The molecule has 19 heavy (non-hydrogen) atoms. The van der Waals surface area contributed by atoms with E-state index in [4.69, 9.17) is 5.26 Å². The van der Waals surface area contributed by atoms with Crippen molar-refractivity contribution in [1.29, 1.82) is 5.26 Å². The molecule has 1 heterocycles. The van der Waals surface area contributed by atoms with Crippen molar-refractivity contribution in [3.63, 3.8) is 0 Å². The number of nitrogens with zero attached hydrogens (tertiary/aromatic N) is 3. The standard InChI is InChI=1S/C16H15N3.H2/c1-3-5-15(18-4-2)12-19-9-8-14-7-6-13(11-17)10-16(14)19;/h3-10H,1,12H2,2H3;1H/b15-5-,18-4?;. The first-order chi connectivity index (χ1) is 9.28. The minimum Gasteiger partial charge on any atom is -0.341 e. The molecule has 0 radical (unpaired) electrons. The van der Waals surface area contributed by atoms with E-state index in [0.29, 0.717) is 12.1 Å². The molecule has 0 amide bonds. The van der Waals surface area contributed by atoms with E-state index in [2.05, 4.69) is 22.2 Å². The molecule has 0 aliphatic heterocycles. The van der Waals surface area contributed by atoms with Crippen molar-refractivity contribution >= 4 is 17.1 Å². The largest absolute Gasteiger partial charge is 0.341 e. The average molecular weight is 251 g/mol. The van der Waals surface area contributed by atoms with E-state index >= 15 is 0 Å². The quantitative estimate of drug-likeness (QED) is 0.599. The number of aliphatic imine (C=N–C) groups is 1. The summed E-state index contributed by atoms with van der Waals surface area (Å²) in [7, 11) is 0. The Labute approximate surface area is 114 Å². The lowest BCUT2D eigenvalue weighted by molar-refractivity contribution is 0.811. The summed E-state index contributed by atoms with van der Waals surface area (Å²) in [6.07, 6.45) is 7.39. The monoisotopic (exact) mass is 251 g/mol. The van der Waals surface area contributed by atoms with E-state index in [0.717, 1.165) is 16.6 Å². The number of aromatic nitrogens is 1. The molecule has 0 aliphatic rings. The fraction of sp³-hybridized carbons (Fsp3) is 0.125. The Bertz CT molecular complexity index is 702. The SMILES string of the molecule is C=C/C=C(/Cn1ccc2ccc(C#N)cc21)N=CC.[HH]. The van der Waals surface area contributed by atoms with Gasteiger partial charge in [-0.1, -0.05) is 18.7 Å². The van der Waals surface area contributed by atoms with Gasteiger partial charge in [0, 0.05) is 19.4 Å². The molecule has 0 atom stereocenters. The molecule has 96 valence electrons. The zero-order valence-corrected chi connectivity index (χ0v) is 10.9. The van der Waals surface area contributed by atoms with Gasteiger partial charge in [-0.15, -0.1) is 0 Å². The number of hydrogen-bond donors (Lipinski definition) is 0. The lowest BCUT2D eigenvalue weighted by Crippen LogP contribution is -1.98. The van der Waals surface area contributed by atoms with Crippen molar-refractivity contribution in [2.75, 3.05) is 0 Å². The molecule has 1 aromatic heterocycles. The molecule has 0 spiro atoms. The Balaban J connectivity index is 0.00000200. The zero-order valence-electron chi connectivity index (χ0n) is 10.9. The third kappa shape index (κ3) is 2.80. The van der Waals surface area contributed by atoms with E-state index in [1.807, 2.05) is 43.5 Å². The molecule has 2 rings (SSSR count). The highest BCUT2D eigenvalue weighted by Gasteiger charge is 2.03. The first kappa shape index (κ1) is 12.8. The maximum Gasteiger partial charge on any atom is 0.0992 e. The van der Waals surface area contributed by atoms with Crippen molar-refractivity contribution < 1.29 is 1.43 Å². The summed E-state index contributed by atoms with van der Waals surface area (Å²) in [5.41, 5.74) is 2.64. The summed E-state index contributed by atoms with van der Waals surface area (Å²) in [6.45, 7) is 6.25. The highest BCUT2D eigenvalue weighted by Crippen LogP contribution is 2.19. The Morgan fingerprint density at radius 1 is 1.53 bits per heavy atom. The summed E-state index contributed by atoms with van der Waals surface area (Å²) in [5.74, 6) is 0. The van der Waals surface area contributed by atoms with Crippen LogP contribution in [0.15, 0.2) is 59.9 Å². The maximum absolute atomic E-state index is 8.97. The van der Waals surface area contributed by atoms with Gasteiger partial charge in [0.2, 0.25) is 0 Å². The van der Waals surface area contributed by atoms with Crippen LogP contribution in [0.5, 0.6) is 0 Å². The van der Waals surface area contributed by atoms with Gasteiger partial charge in [0.15, 0.2) is 0 Å². The van der Waals surface area contributed by atoms with Gasteiger partial charge in [-0.2, -0.15) is 5.26 Å². The maximum atomic E-state index is 8.97. The van der Waals surface area contributed by atoms with Gasteiger partial charge >= 0.3 is 0 Å².